The molecule has 2 aromatic carbocycles. The second-order valence-electron chi connectivity index (χ2n) is 9.96. The summed E-state index contributed by atoms with van der Waals surface area (Å²) in [7, 11) is 0. The van der Waals surface area contributed by atoms with Gasteiger partial charge < -0.3 is 19.9 Å². The van der Waals surface area contributed by atoms with Gasteiger partial charge in [-0.2, -0.15) is 0 Å². The van der Waals surface area contributed by atoms with Crippen LogP contribution in [0.2, 0.25) is 0 Å². The van der Waals surface area contributed by atoms with Crippen molar-refractivity contribution in [3.63, 3.8) is 0 Å². The quantitative estimate of drug-likeness (QED) is 0.530. The molecule has 1 aromatic heterocycles. The van der Waals surface area contributed by atoms with Gasteiger partial charge in [-0.05, 0) is 31.9 Å². The van der Waals surface area contributed by atoms with Crippen molar-refractivity contribution in [2.45, 2.75) is 44.1 Å². The number of hydrogen-bond donors (Lipinski definition) is 2. The highest BCUT2D eigenvalue weighted by molar-refractivity contribution is 5.99. The van der Waals surface area contributed by atoms with E-state index >= 15 is 0 Å². The maximum atomic E-state index is 14.1. The molecule has 2 bridgehead atoms. The third kappa shape index (κ3) is 3.81. The molecule has 2 atom stereocenters. The van der Waals surface area contributed by atoms with Crippen molar-refractivity contribution in [2.75, 3.05) is 6.54 Å². The molecule has 9 nitrogen and oxygen atoms in total. The third-order valence-electron chi connectivity index (χ3n) is 7.66. The zero-order chi connectivity index (χ0) is 27.6. The topological polar surface area (TPSA) is 116 Å². The fraction of sp³-hybridized carbons (Fsp3) is 0.296. The lowest BCUT2D eigenvalue weighted by Crippen LogP contribution is -2.51. The Hall–Kier alpha value is -4.48. The van der Waals surface area contributed by atoms with Crippen molar-refractivity contribution in [1.82, 2.24) is 14.8 Å². The Balaban J connectivity index is 1.45. The predicted octanol–water partition coefficient (Wildman–Crippen LogP) is 1.73. The first kappa shape index (κ1) is 24.8. The van der Waals surface area contributed by atoms with Crippen LogP contribution in [-0.2, 0) is 6.54 Å². The van der Waals surface area contributed by atoms with Crippen LogP contribution in [-0.4, -0.2) is 44.6 Å². The van der Waals surface area contributed by atoms with Crippen molar-refractivity contribution in [3.05, 3.63) is 97.8 Å². The van der Waals surface area contributed by atoms with E-state index in [-0.39, 0.29) is 18.3 Å². The van der Waals surface area contributed by atoms with Gasteiger partial charge in [0.2, 0.25) is 5.43 Å². The molecule has 39 heavy (non-hydrogen) atoms. The van der Waals surface area contributed by atoms with Gasteiger partial charge in [0.25, 0.3) is 11.8 Å². The summed E-state index contributed by atoms with van der Waals surface area (Å²) in [4.78, 5) is 50.9. The summed E-state index contributed by atoms with van der Waals surface area (Å²) in [5, 5.41) is 14.5. The van der Waals surface area contributed by atoms with E-state index < -0.39 is 69.8 Å². The highest BCUT2D eigenvalue weighted by Gasteiger charge is 2.51. The molecule has 0 radical (unpaired) electrons. The maximum Gasteiger partial charge on any atom is 0.274 e. The predicted molar refractivity (Wildman–Crippen MR) is 130 cm³/mol. The Kier molecular flexibility index (Phi) is 5.59. The van der Waals surface area contributed by atoms with E-state index in [0.29, 0.717) is 35.7 Å². The normalized spacial score (nSPS) is 20.5. The summed E-state index contributed by atoms with van der Waals surface area (Å²) in [6, 6.07) is 7.38. The SMILES string of the molecule is C[C@H]1CCC2(N=c3ccccc3=N2)C2CN1C(=O)c1c(O)c(=O)c(C(=O)NCc3c(F)cc(F)cc3F)cn12. The number of carbonyl (C=O) groups excluding carboxylic acids is 2. The van der Waals surface area contributed by atoms with Gasteiger partial charge in [-0.25, -0.2) is 13.2 Å². The zero-order valence-corrected chi connectivity index (χ0v) is 20.6. The van der Waals surface area contributed by atoms with Crippen LogP contribution in [0.3, 0.4) is 0 Å². The second-order valence-corrected chi connectivity index (χ2v) is 9.96. The van der Waals surface area contributed by atoms with Crippen molar-refractivity contribution in [3.8, 4) is 5.75 Å². The first-order valence-corrected chi connectivity index (χ1v) is 12.3. The monoisotopic (exact) mass is 537 g/mol. The summed E-state index contributed by atoms with van der Waals surface area (Å²) in [5.74, 6) is -6.05. The van der Waals surface area contributed by atoms with Gasteiger partial charge in [0.15, 0.2) is 17.1 Å². The molecule has 6 rings (SSSR count). The summed E-state index contributed by atoms with van der Waals surface area (Å²) in [6.07, 6.45) is 2.19. The number of aromatic hydroxyl groups is 1. The van der Waals surface area contributed by atoms with Gasteiger partial charge in [0, 0.05) is 43.0 Å². The lowest BCUT2D eigenvalue weighted by Gasteiger charge is -2.40. The number of hydrogen-bond acceptors (Lipinski definition) is 6. The number of halogens is 3. The largest absolute Gasteiger partial charge is 0.503 e. The van der Waals surface area contributed by atoms with E-state index in [1.807, 2.05) is 31.2 Å². The molecule has 1 spiro atoms. The van der Waals surface area contributed by atoms with Gasteiger partial charge in [-0.3, -0.25) is 24.4 Å². The minimum atomic E-state index is -1.21. The summed E-state index contributed by atoms with van der Waals surface area (Å²) < 4.78 is 42.8. The van der Waals surface area contributed by atoms with Gasteiger partial charge >= 0.3 is 0 Å². The molecule has 3 aromatic rings. The number of rotatable bonds is 3. The smallest absolute Gasteiger partial charge is 0.274 e. The Morgan fingerprint density at radius 1 is 1.13 bits per heavy atom. The molecular formula is C27H22F3N5O4. The van der Waals surface area contributed by atoms with E-state index in [0.717, 1.165) is 6.20 Å². The minimum absolute atomic E-state index is 0.170. The highest BCUT2D eigenvalue weighted by atomic mass is 19.1. The molecule has 200 valence electrons. The molecule has 12 heteroatoms. The molecule has 0 saturated carbocycles. The number of amides is 2. The number of benzene rings is 2. The maximum absolute atomic E-state index is 14.1. The first-order valence-electron chi connectivity index (χ1n) is 12.3. The molecular weight excluding hydrogens is 515 g/mol. The Morgan fingerprint density at radius 3 is 2.41 bits per heavy atom. The van der Waals surface area contributed by atoms with Crippen molar-refractivity contribution in [1.29, 1.82) is 0 Å². The number of aromatic nitrogens is 1. The average Bonchev–Trinajstić information content (AvgIpc) is 3.22. The molecule has 1 unspecified atom stereocenters. The number of fused-ring (bicyclic) bond motifs is 6. The van der Waals surface area contributed by atoms with Gasteiger partial charge in [0.1, 0.15) is 23.0 Å². The van der Waals surface area contributed by atoms with Crippen LogP contribution >= 0.6 is 0 Å². The van der Waals surface area contributed by atoms with Crippen LogP contribution in [0.4, 0.5) is 13.2 Å². The average molecular weight is 537 g/mol. The number of pyridine rings is 1. The fourth-order valence-electron chi connectivity index (χ4n) is 5.59. The summed E-state index contributed by atoms with van der Waals surface area (Å²) in [5.41, 5.74) is -3.59. The lowest BCUT2D eigenvalue weighted by atomic mass is 9.94. The molecule has 1 fully saturated rings. The molecule has 3 aliphatic rings. The van der Waals surface area contributed by atoms with Crippen LogP contribution < -0.4 is 21.5 Å². The summed E-state index contributed by atoms with van der Waals surface area (Å²) in [6.45, 7) is 1.36. The number of nitrogens with one attached hydrogen (secondary N) is 1. The zero-order valence-electron chi connectivity index (χ0n) is 20.6. The van der Waals surface area contributed by atoms with Crippen LogP contribution in [0.5, 0.6) is 5.75 Å². The first-order chi connectivity index (χ1) is 18.6. The fourth-order valence-corrected chi connectivity index (χ4v) is 5.59. The van der Waals surface area contributed by atoms with Crippen molar-refractivity contribution in [2.24, 2.45) is 9.98 Å². The molecule has 3 aliphatic heterocycles. The third-order valence-corrected chi connectivity index (χ3v) is 7.66. The molecule has 0 aliphatic carbocycles. The lowest BCUT2D eigenvalue weighted by molar-refractivity contribution is 0.0580. The van der Waals surface area contributed by atoms with Gasteiger partial charge in [-0.15, -0.1) is 0 Å². The van der Waals surface area contributed by atoms with Crippen LogP contribution in [0, 0.1) is 17.5 Å². The van der Waals surface area contributed by atoms with Gasteiger partial charge in [0.05, 0.1) is 16.8 Å². The standard InChI is InChI=1S/C27H22F3N5O4/c1-13-6-7-27(32-19-4-2-3-5-20(19)33-27)21-12-34(13)26(39)22-24(37)23(36)16(11-35(21)22)25(38)31-10-15-17(29)8-14(28)9-18(15)30/h2-5,8-9,11,13,21,37H,6-7,10,12H2,1H3,(H,31,38)/t13-,21?/m0/s1. The second kappa shape index (κ2) is 8.79. The van der Waals surface area contributed by atoms with Crippen LogP contribution in [0.1, 0.15) is 52.2 Å². The summed E-state index contributed by atoms with van der Waals surface area (Å²) >= 11 is 0. The van der Waals surface area contributed by atoms with Crippen molar-refractivity contribution < 1.29 is 27.9 Å². The number of nitrogens with zero attached hydrogens (tertiary/aromatic N) is 4. The molecule has 4 heterocycles. The van der Waals surface area contributed by atoms with Gasteiger partial charge in [-0.1, -0.05) is 12.1 Å². The Morgan fingerprint density at radius 2 is 1.77 bits per heavy atom. The number of para-hydroxylation sites is 2. The van der Waals surface area contributed by atoms with E-state index in [1.54, 1.807) is 4.90 Å². The molecule has 2 amide bonds. The molecule has 2 N–H and O–H groups in total. The Labute approximate surface area is 218 Å². The van der Waals surface area contributed by atoms with Crippen LogP contribution in [0.25, 0.3) is 0 Å². The Bertz CT molecular complexity index is 1700. The van der Waals surface area contributed by atoms with E-state index in [1.165, 1.54) is 4.57 Å². The van der Waals surface area contributed by atoms with E-state index in [2.05, 4.69) is 5.32 Å². The number of carbonyl (C=O) groups is 2. The minimum Gasteiger partial charge on any atom is -0.503 e. The highest BCUT2D eigenvalue weighted by Crippen LogP contribution is 2.43. The van der Waals surface area contributed by atoms with Crippen LogP contribution in [0.15, 0.2) is 57.4 Å². The van der Waals surface area contributed by atoms with E-state index in [9.17, 15) is 32.7 Å². The molecule has 1 saturated heterocycles. The van der Waals surface area contributed by atoms with Crippen molar-refractivity contribution >= 4 is 11.8 Å². The van der Waals surface area contributed by atoms with E-state index in [4.69, 9.17) is 9.98 Å².